The number of anilines is 1. The molecule has 1 amide bonds. The van der Waals surface area contributed by atoms with Crippen molar-refractivity contribution < 1.29 is 9.53 Å². The van der Waals surface area contributed by atoms with Gasteiger partial charge in [0.15, 0.2) is 0 Å². The summed E-state index contributed by atoms with van der Waals surface area (Å²) < 4.78 is 6.71. The molecule has 90 valence electrons. The Morgan fingerprint density at radius 1 is 1.62 bits per heavy atom. The summed E-state index contributed by atoms with van der Waals surface area (Å²) in [5.74, 6) is 0. The Bertz CT molecular complexity index is 359. The molecule has 0 saturated carbocycles. The van der Waals surface area contributed by atoms with Gasteiger partial charge in [0.1, 0.15) is 5.60 Å². The van der Waals surface area contributed by atoms with E-state index in [4.69, 9.17) is 10.5 Å². The number of nitrogens with one attached hydrogen (secondary N) is 1. The monoisotopic (exact) mass is 226 g/mol. The molecule has 0 atom stereocenters. The van der Waals surface area contributed by atoms with Gasteiger partial charge >= 0.3 is 6.09 Å². The quantitative estimate of drug-likeness (QED) is 0.789. The standard InChI is InChI=1S/C10H18N4O2/c1-10(2,3)16-9(15)12-6-8-7(11)5-13-14(8)4/h5H,6,11H2,1-4H3,(H,12,15). The van der Waals surface area contributed by atoms with Crippen molar-refractivity contribution in [1.82, 2.24) is 15.1 Å². The van der Waals surface area contributed by atoms with E-state index in [0.29, 0.717) is 12.2 Å². The number of nitrogens with two attached hydrogens (primary N) is 1. The smallest absolute Gasteiger partial charge is 0.407 e. The van der Waals surface area contributed by atoms with E-state index in [9.17, 15) is 4.79 Å². The molecule has 16 heavy (non-hydrogen) atoms. The first-order chi connectivity index (χ1) is 7.29. The molecule has 6 heteroatoms. The number of ether oxygens (including phenoxy) is 1. The van der Waals surface area contributed by atoms with E-state index in [1.54, 1.807) is 17.9 Å². The second-order valence-electron chi connectivity index (χ2n) is 4.53. The van der Waals surface area contributed by atoms with Crippen molar-refractivity contribution in [3.05, 3.63) is 11.9 Å². The highest BCUT2D eigenvalue weighted by Crippen LogP contribution is 2.10. The Labute approximate surface area is 94.8 Å². The van der Waals surface area contributed by atoms with Gasteiger partial charge in [0.05, 0.1) is 24.1 Å². The number of amides is 1. The fourth-order valence-corrected chi connectivity index (χ4v) is 1.17. The number of hydrogen-bond donors (Lipinski definition) is 2. The maximum Gasteiger partial charge on any atom is 0.407 e. The van der Waals surface area contributed by atoms with Crippen LogP contribution in [-0.4, -0.2) is 21.5 Å². The van der Waals surface area contributed by atoms with Crippen LogP contribution in [0.5, 0.6) is 0 Å². The van der Waals surface area contributed by atoms with Gasteiger partial charge in [-0.15, -0.1) is 0 Å². The number of carbonyl (C=O) groups excluding carboxylic acids is 1. The molecule has 0 fully saturated rings. The molecule has 0 bridgehead atoms. The summed E-state index contributed by atoms with van der Waals surface area (Å²) >= 11 is 0. The van der Waals surface area contributed by atoms with Gasteiger partial charge in [-0.3, -0.25) is 4.68 Å². The van der Waals surface area contributed by atoms with Crippen LogP contribution in [0.1, 0.15) is 26.5 Å². The predicted molar refractivity (Wildman–Crippen MR) is 60.7 cm³/mol. The average molecular weight is 226 g/mol. The molecule has 3 N–H and O–H groups in total. The Morgan fingerprint density at radius 3 is 2.69 bits per heavy atom. The summed E-state index contributed by atoms with van der Waals surface area (Å²) in [6, 6.07) is 0. The van der Waals surface area contributed by atoms with Crippen LogP contribution in [0.15, 0.2) is 6.20 Å². The molecule has 1 aromatic rings. The summed E-state index contributed by atoms with van der Waals surface area (Å²) in [4.78, 5) is 11.4. The van der Waals surface area contributed by atoms with Crippen molar-refractivity contribution in [2.75, 3.05) is 5.73 Å². The van der Waals surface area contributed by atoms with Crippen molar-refractivity contribution in [3.63, 3.8) is 0 Å². The minimum atomic E-state index is -0.498. The summed E-state index contributed by atoms with van der Waals surface area (Å²) in [6.07, 6.45) is 1.08. The molecular formula is C10H18N4O2. The van der Waals surface area contributed by atoms with Crippen LogP contribution < -0.4 is 11.1 Å². The topological polar surface area (TPSA) is 82.2 Å². The highest BCUT2D eigenvalue weighted by Gasteiger charge is 2.16. The van der Waals surface area contributed by atoms with E-state index < -0.39 is 11.7 Å². The minimum Gasteiger partial charge on any atom is -0.444 e. The van der Waals surface area contributed by atoms with E-state index >= 15 is 0 Å². The molecule has 0 unspecified atom stereocenters. The van der Waals surface area contributed by atoms with E-state index in [1.807, 2.05) is 20.8 Å². The molecule has 0 aromatic carbocycles. The van der Waals surface area contributed by atoms with Crippen LogP contribution in [0.4, 0.5) is 10.5 Å². The normalized spacial score (nSPS) is 11.2. The minimum absolute atomic E-state index is 0.303. The summed E-state index contributed by atoms with van der Waals surface area (Å²) in [7, 11) is 1.77. The molecule has 0 saturated heterocycles. The number of hydrogen-bond acceptors (Lipinski definition) is 4. The largest absolute Gasteiger partial charge is 0.444 e. The lowest BCUT2D eigenvalue weighted by Crippen LogP contribution is -2.32. The van der Waals surface area contributed by atoms with Crippen LogP contribution in [0, 0.1) is 0 Å². The van der Waals surface area contributed by atoms with Crippen LogP contribution in [-0.2, 0) is 18.3 Å². The van der Waals surface area contributed by atoms with E-state index in [1.165, 1.54) is 0 Å². The lowest BCUT2D eigenvalue weighted by Gasteiger charge is -2.19. The zero-order chi connectivity index (χ0) is 12.3. The Balaban J connectivity index is 2.50. The van der Waals surface area contributed by atoms with Crippen LogP contribution in [0.2, 0.25) is 0 Å². The van der Waals surface area contributed by atoms with Crippen molar-refractivity contribution in [1.29, 1.82) is 0 Å². The fourth-order valence-electron chi connectivity index (χ4n) is 1.17. The van der Waals surface area contributed by atoms with Crippen LogP contribution in [0.3, 0.4) is 0 Å². The lowest BCUT2D eigenvalue weighted by atomic mass is 10.2. The number of aryl methyl sites for hydroxylation is 1. The van der Waals surface area contributed by atoms with Gasteiger partial charge in [-0.25, -0.2) is 4.79 Å². The molecule has 0 aliphatic carbocycles. The van der Waals surface area contributed by atoms with Gasteiger partial charge in [0, 0.05) is 7.05 Å². The van der Waals surface area contributed by atoms with Crippen molar-refractivity contribution in [2.24, 2.45) is 7.05 Å². The number of carbonyl (C=O) groups is 1. The molecule has 1 aromatic heterocycles. The van der Waals surface area contributed by atoms with E-state index in [0.717, 1.165) is 5.69 Å². The number of nitrogen functional groups attached to an aromatic ring is 1. The maximum absolute atomic E-state index is 11.4. The highest BCUT2D eigenvalue weighted by molar-refractivity contribution is 5.67. The first-order valence-corrected chi connectivity index (χ1v) is 5.03. The molecule has 0 aliphatic rings. The van der Waals surface area contributed by atoms with Crippen molar-refractivity contribution in [2.45, 2.75) is 32.9 Å². The second kappa shape index (κ2) is 4.42. The van der Waals surface area contributed by atoms with Crippen LogP contribution in [0.25, 0.3) is 0 Å². The third-order valence-corrected chi connectivity index (χ3v) is 1.89. The molecule has 0 radical (unpaired) electrons. The number of aromatic nitrogens is 2. The molecule has 0 spiro atoms. The second-order valence-corrected chi connectivity index (χ2v) is 4.53. The molecule has 1 rings (SSSR count). The predicted octanol–water partition coefficient (Wildman–Crippen LogP) is 1.03. The van der Waals surface area contributed by atoms with Gasteiger partial charge in [-0.2, -0.15) is 5.10 Å². The first kappa shape index (κ1) is 12.4. The maximum atomic E-state index is 11.4. The molecule has 6 nitrogen and oxygen atoms in total. The molecule has 0 aliphatic heterocycles. The van der Waals surface area contributed by atoms with Crippen LogP contribution >= 0.6 is 0 Å². The Hall–Kier alpha value is -1.72. The summed E-state index contributed by atoms with van der Waals surface area (Å²) in [6.45, 7) is 5.73. The molecule has 1 heterocycles. The Morgan fingerprint density at radius 2 is 2.25 bits per heavy atom. The van der Waals surface area contributed by atoms with Gasteiger partial charge in [0.25, 0.3) is 0 Å². The third-order valence-electron chi connectivity index (χ3n) is 1.89. The number of alkyl carbamates (subject to hydrolysis) is 1. The third kappa shape index (κ3) is 3.45. The first-order valence-electron chi connectivity index (χ1n) is 5.03. The fraction of sp³-hybridized carbons (Fsp3) is 0.600. The highest BCUT2D eigenvalue weighted by atomic mass is 16.6. The SMILES string of the molecule is Cn1ncc(N)c1CNC(=O)OC(C)(C)C. The zero-order valence-electron chi connectivity index (χ0n) is 10.1. The van der Waals surface area contributed by atoms with Gasteiger partial charge < -0.3 is 15.8 Å². The van der Waals surface area contributed by atoms with E-state index in [-0.39, 0.29) is 0 Å². The summed E-state index contributed by atoms with van der Waals surface area (Å²) in [5, 5.41) is 6.59. The zero-order valence-corrected chi connectivity index (χ0v) is 10.1. The number of rotatable bonds is 2. The van der Waals surface area contributed by atoms with Crippen molar-refractivity contribution >= 4 is 11.8 Å². The number of nitrogens with zero attached hydrogens (tertiary/aromatic N) is 2. The average Bonchev–Trinajstić information content (AvgIpc) is 2.41. The van der Waals surface area contributed by atoms with Gasteiger partial charge in [-0.05, 0) is 20.8 Å². The van der Waals surface area contributed by atoms with Gasteiger partial charge in [0.2, 0.25) is 0 Å². The Kier molecular flexibility index (Phi) is 3.41. The lowest BCUT2D eigenvalue weighted by molar-refractivity contribution is 0.0522. The molecular weight excluding hydrogens is 208 g/mol. The summed E-state index contributed by atoms with van der Waals surface area (Å²) in [5.41, 5.74) is 6.49. The van der Waals surface area contributed by atoms with Gasteiger partial charge in [-0.1, -0.05) is 0 Å². The van der Waals surface area contributed by atoms with E-state index in [2.05, 4.69) is 10.4 Å². The van der Waals surface area contributed by atoms with Crippen molar-refractivity contribution in [3.8, 4) is 0 Å².